The molecule has 1 aromatic rings. The molecule has 0 aliphatic rings. The normalized spacial score (nSPS) is 11.9. The molecule has 0 aliphatic heterocycles. The Morgan fingerprint density at radius 2 is 2.00 bits per heavy atom. The Labute approximate surface area is 95.1 Å². The van der Waals surface area contributed by atoms with Crippen LogP contribution in [0.5, 0.6) is 0 Å². The Balaban J connectivity index is 2.79. The highest BCUT2D eigenvalue weighted by molar-refractivity contribution is 6.01. The van der Waals surface area contributed by atoms with Crippen LogP contribution in [0.3, 0.4) is 0 Å². The van der Waals surface area contributed by atoms with Gasteiger partial charge in [0.05, 0.1) is 5.76 Å². The second kappa shape index (κ2) is 5.39. The van der Waals surface area contributed by atoms with Crippen LogP contribution in [-0.2, 0) is 6.42 Å². The van der Waals surface area contributed by atoms with Crippen molar-refractivity contribution in [3.05, 3.63) is 35.6 Å². The Bertz CT molecular complexity index is 390. The lowest BCUT2D eigenvalue weighted by Gasteiger charge is -2.03. The minimum atomic E-state index is -0.379. The van der Waals surface area contributed by atoms with Crippen LogP contribution in [0.2, 0.25) is 0 Å². The number of nitrogens with zero attached hydrogens (tertiary/aromatic N) is 2. The van der Waals surface area contributed by atoms with Crippen molar-refractivity contribution in [1.82, 2.24) is 9.97 Å². The van der Waals surface area contributed by atoms with E-state index >= 15 is 0 Å². The zero-order valence-electron chi connectivity index (χ0n) is 9.77. The number of hydrogen-bond acceptors (Lipinski definition) is 4. The number of carbonyl (C=O) groups excluding carboxylic acids is 1. The first kappa shape index (κ1) is 12.4. The van der Waals surface area contributed by atoms with E-state index in [0.717, 1.165) is 18.1 Å². The molecule has 0 spiro atoms. The molecule has 1 N–H and O–H groups in total. The Hall–Kier alpha value is -1.71. The van der Waals surface area contributed by atoms with Gasteiger partial charge >= 0.3 is 0 Å². The fourth-order valence-corrected chi connectivity index (χ4v) is 1.31. The summed E-state index contributed by atoms with van der Waals surface area (Å²) in [6, 6.07) is 0. The summed E-state index contributed by atoms with van der Waals surface area (Å²) in [6.07, 6.45) is 5.31. The van der Waals surface area contributed by atoms with Gasteiger partial charge in [-0.2, -0.15) is 0 Å². The van der Waals surface area contributed by atoms with Gasteiger partial charge in [0, 0.05) is 18.5 Å². The number of allylic oxidation sites excluding steroid dienone is 2. The summed E-state index contributed by atoms with van der Waals surface area (Å²) in [5.41, 5.74) is 1.01. The molecule has 0 amide bonds. The van der Waals surface area contributed by atoms with Crippen molar-refractivity contribution in [1.29, 1.82) is 0 Å². The molecule has 0 aromatic carbocycles. The van der Waals surface area contributed by atoms with Crippen molar-refractivity contribution in [2.24, 2.45) is 5.92 Å². The third-order valence-electron chi connectivity index (χ3n) is 1.91. The molecule has 1 heterocycles. The van der Waals surface area contributed by atoms with Crippen molar-refractivity contribution in [3.63, 3.8) is 0 Å². The molecule has 0 atom stereocenters. The second-order valence-electron chi connectivity index (χ2n) is 4.16. The van der Waals surface area contributed by atoms with Gasteiger partial charge in [-0.1, -0.05) is 13.8 Å². The third kappa shape index (κ3) is 3.81. The summed E-state index contributed by atoms with van der Waals surface area (Å²) in [6.45, 7) is 5.65. The zero-order valence-corrected chi connectivity index (χ0v) is 9.77. The molecule has 0 unspecified atom stereocenters. The number of aliphatic hydroxyl groups excluding tert-OH is 1. The monoisotopic (exact) mass is 220 g/mol. The Morgan fingerprint density at radius 1 is 1.44 bits per heavy atom. The van der Waals surface area contributed by atoms with E-state index in [4.69, 9.17) is 5.11 Å². The maximum atomic E-state index is 11.4. The molecule has 0 radical (unpaired) electrons. The molecule has 0 fully saturated rings. The smallest absolute Gasteiger partial charge is 0.226 e. The number of aromatic nitrogens is 2. The SMILES string of the molecule is C/C(O)=C/C(=O)c1ncc(CC(C)C)cn1. The molecule has 16 heavy (non-hydrogen) atoms. The van der Waals surface area contributed by atoms with E-state index in [0.29, 0.717) is 5.92 Å². The first-order valence-corrected chi connectivity index (χ1v) is 5.21. The summed E-state index contributed by atoms with van der Waals surface area (Å²) in [5.74, 6) is 0.224. The van der Waals surface area contributed by atoms with Crippen LogP contribution in [0.25, 0.3) is 0 Å². The average Bonchev–Trinajstić information content (AvgIpc) is 2.16. The summed E-state index contributed by atoms with van der Waals surface area (Å²) >= 11 is 0. The predicted octanol–water partition coefficient (Wildman–Crippen LogP) is 2.32. The molecule has 0 saturated carbocycles. The lowest BCUT2D eigenvalue weighted by molar-refractivity contribution is 0.103. The zero-order chi connectivity index (χ0) is 12.1. The first-order chi connectivity index (χ1) is 7.49. The van der Waals surface area contributed by atoms with Crippen LogP contribution in [0, 0.1) is 5.92 Å². The second-order valence-corrected chi connectivity index (χ2v) is 4.16. The minimum Gasteiger partial charge on any atom is -0.512 e. The van der Waals surface area contributed by atoms with Crippen molar-refractivity contribution in [2.45, 2.75) is 27.2 Å². The van der Waals surface area contributed by atoms with Crippen molar-refractivity contribution in [2.75, 3.05) is 0 Å². The summed E-state index contributed by atoms with van der Waals surface area (Å²) in [4.78, 5) is 19.4. The van der Waals surface area contributed by atoms with Gasteiger partial charge in [0.15, 0.2) is 0 Å². The third-order valence-corrected chi connectivity index (χ3v) is 1.91. The number of carbonyl (C=O) groups is 1. The van der Waals surface area contributed by atoms with Crippen molar-refractivity contribution >= 4 is 5.78 Å². The van der Waals surface area contributed by atoms with E-state index in [1.165, 1.54) is 6.92 Å². The van der Waals surface area contributed by atoms with Gasteiger partial charge in [-0.05, 0) is 24.8 Å². The van der Waals surface area contributed by atoms with E-state index in [1.54, 1.807) is 12.4 Å². The fourth-order valence-electron chi connectivity index (χ4n) is 1.31. The van der Waals surface area contributed by atoms with Crippen LogP contribution >= 0.6 is 0 Å². The lowest BCUT2D eigenvalue weighted by Crippen LogP contribution is -2.05. The van der Waals surface area contributed by atoms with Crippen molar-refractivity contribution in [3.8, 4) is 0 Å². The number of ketones is 1. The molecule has 1 aromatic heterocycles. The van der Waals surface area contributed by atoms with Gasteiger partial charge in [0.1, 0.15) is 0 Å². The van der Waals surface area contributed by atoms with E-state index in [1.807, 2.05) is 0 Å². The van der Waals surface area contributed by atoms with E-state index in [-0.39, 0.29) is 17.4 Å². The highest BCUT2D eigenvalue weighted by Gasteiger charge is 2.07. The molecule has 4 nitrogen and oxygen atoms in total. The fraction of sp³-hybridized carbons (Fsp3) is 0.417. The Kier molecular flexibility index (Phi) is 4.17. The predicted molar refractivity (Wildman–Crippen MR) is 61.3 cm³/mol. The summed E-state index contributed by atoms with van der Waals surface area (Å²) in [5, 5.41) is 8.94. The van der Waals surface area contributed by atoms with Gasteiger partial charge in [-0.25, -0.2) is 9.97 Å². The maximum Gasteiger partial charge on any atom is 0.226 e. The van der Waals surface area contributed by atoms with E-state index in [2.05, 4.69) is 23.8 Å². The largest absolute Gasteiger partial charge is 0.512 e. The molecule has 4 heteroatoms. The molecule has 0 aliphatic carbocycles. The number of hydrogen-bond donors (Lipinski definition) is 1. The highest BCUT2D eigenvalue weighted by atomic mass is 16.3. The maximum absolute atomic E-state index is 11.4. The van der Waals surface area contributed by atoms with Crippen LogP contribution in [-0.4, -0.2) is 20.9 Å². The topological polar surface area (TPSA) is 63.1 Å². The van der Waals surface area contributed by atoms with Crippen LogP contribution in [0.1, 0.15) is 37.0 Å². The molecule has 1 rings (SSSR count). The Morgan fingerprint density at radius 3 is 2.44 bits per heavy atom. The van der Waals surface area contributed by atoms with Gasteiger partial charge in [-0.15, -0.1) is 0 Å². The van der Waals surface area contributed by atoms with E-state index < -0.39 is 0 Å². The van der Waals surface area contributed by atoms with Gasteiger partial charge < -0.3 is 5.11 Å². The molecule has 0 saturated heterocycles. The van der Waals surface area contributed by atoms with Gasteiger partial charge in [0.25, 0.3) is 0 Å². The average molecular weight is 220 g/mol. The molecule has 86 valence electrons. The van der Waals surface area contributed by atoms with Crippen LogP contribution in [0.4, 0.5) is 0 Å². The van der Waals surface area contributed by atoms with Crippen LogP contribution < -0.4 is 0 Å². The highest BCUT2D eigenvalue weighted by Crippen LogP contribution is 2.06. The summed E-state index contributed by atoms with van der Waals surface area (Å²) in [7, 11) is 0. The summed E-state index contributed by atoms with van der Waals surface area (Å²) < 4.78 is 0. The van der Waals surface area contributed by atoms with Crippen LogP contribution in [0.15, 0.2) is 24.2 Å². The molecular weight excluding hydrogens is 204 g/mol. The minimum absolute atomic E-state index is 0.0418. The number of aliphatic hydroxyl groups is 1. The lowest BCUT2D eigenvalue weighted by atomic mass is 10.1. The van der Waals surface area contributed by atoms with Gasteiger partial charge in [0.2, 0.25) is 11.6 Å². The quantitative estimate of drug-likeness (QED) is 0.480. The van der Waals surface area contributed by atoms with Gasteiger partial charge in [-0.3, -0.25) is 4.79 Å². The molecular formula is C12H16N2O2. The first-order valence-electron chi connectivity index (χ1n) is 5.21. The van der Waals surface area contributed by atoms with Crippen molar-refractivity contribution < 1.29 is 9.90 Å². The number of rotatable bonds is 4. The standard InChI is InChI=1S/C12H16N2O2/c1-8(2)4-10-6-13-12(14-7-10)11(16)5-9(3)15/h5-8,15H,4H2,1-3H3/b9-5-. The molecule has 0 bridgehead atoms. The van der Waals surface area contributed by atoms with E-state index in [9.17, 15) is 4.79 Å².